The maximum Gasteiger partial charge on any atom is 0.261 e. The summed E-state index contributed by atoms with van der Waals surface area (Å²) in [6.07, 6.45) is 1.86. The van der Waals surface area contributed by atoms with Gasteiger partial charge < -0.3 is 4.90 Å². The highest BCUT2D eigenvalue weighted by Gasteiger charge is 2.34. The Bertz CT molecular complexity index is 749. The molecule has 0 spiro atoms. The monoisotopic (exact) mass is 306 g/mol. The lowest BCUT2D eigenvalue weighted by Crippen LogP contribution is -2.33. The van der Waals surface area contributed by atoms with Gasteiger partial charge in [0.2, 0.25) is 0 Å². The molecule has 0 aliphatic carbocycles. The second kappa shape index (κ2) is 5.54. The molecule has 2 aromatic carbocycles. The molecule has 4 rings (SSSR count). The van der Waals surface area contributed by atoms with Crippen molar-refractivity contribution in [1.29, 1.82) is 0 Å². The Morgan fingerprint density at radius 3 is 2.22 bits per heavy atom. The number of fused-ring (bicyclic) bond motifs is 2. The van der Waals surface area contributed by atoms with Crippen LogP contribution in [0.5, 0.6) is 0 Å². The van der Waals surface area contributed by atoms with Gasteiger partial charge in [-0.25, -0.2) is 0 Å². The van der Waals surface area contributed by atoms with Crippen LogP contribution in [-0.2, 0) is 6.42 Å². The van der Waals surface area contributed by atoms with Crippen molar-refractivity contribution >= 4 is 17.5 Å². The number of amides is 2. The van der Waals surface area contributed by atoms with Gasteiger partial charge in [0.25, 0.3) is 11.8 Å². The number of carbonyl (C=O) groups is 2. The molecule has 116 valence electrons. The summed E-state index contributed by atoms with van der Waals surface area (Å²) in [6, 6.07) is 15.5. The minimum atomic E-state index is -0.160. The minimum Gasteiger partial charge on any atom is -0.371 e. The number of anilines is 1. The number of carbonyl (C=O) groups excluding carboxylic acids is 2. The van der Waals surface area contributed by atoms with Crippen molar-refractivity contribution in [2.75, 3.05) is 24.5 Å². The Hall–Kier alpha value is -2.62. The van der Waals surface area contributed by atoms with E-state index >= 15 is 0 Å². The normalized spacial score (nSPS) is 16.0. The summed E-state index contributed by atoms with van der Waals surface area (Å²) in [7, 11) is 0. The molecule has 2 aromatic rings. The maximum atomic E-state index is 12.3. The van der Waals surface area contributed by atoms with Crippen molar-refractivity contribution in [3.05, 3.63) is 65.2 Å². The lowest BCUT2D eigenvalue weighted by Gasteiger charge is -2.21. The fourth-order valence-corrected chi connectivity index (χ4v) is 3.50. The molecular weight excluding hydrogens is 288 g/mol. The van der Waals surface area contributed by atoms with Crippen LogP contribution in [0.25, 0.3) is 0 Å². The number of hydrogen-bond acceptors (Lipinski definition) is 3. The Morgan fingerprint density at radius 2 is 1.48 bits per heavy atom. The van der Waals surface area contributed by atoms with E-state index in [0.29, 0.717) is 17.7 Å². The Balaban J connectivity index is 1.40. The molecule has 23 heavy (non-hydrogen) atoms. The average molecular weight is 306 g/mol. The predicted octanol–water partition coefficient (Wildman–Crippen LogP) is 2.74. The highest BCUT2D eigenvalue weighted by molar-refractivity contribution is 6.21. The summed E-state index contributed by atoms with van der Waals surface area (Å²) < 4.78 is 0. The molecule has 0 saturated carbocycles. The van der Waals surface area contributed by atoms with E-state index < -0.39 is 0 Å². The van der Waals surface area contributed by atoms with Gasteiger partial charge in [-0.15, -0.1) is 0 Å². The summed E-state index contributed by atoms with van der Waals surface area (Å²) in [5.41, 5.74) is 3.73. The van der Waals surface area contributed by atoms with Gasteiger partial charge >= 0.3 is 0 Å². The van der Waals surface area contributed by atoms with Crippen LogP contribution in [0, 0.1) is 0 Å². The molecule has 0 unspecified atom stereocenters. The van der Waals surface area contributed by atoms with Crippen LogP contribution in [0.3, 0.4) is 0 Å². The quantitative estimate of drug-likeness (QED) is 0.816. The third-order valence-electron chi connectivity index (χ3n) is 4.67. The van der Waals surface area contributed by atoms with Gasteiger partial charge in [0.05, 0.1) is 11.1 Å². The van der Waals surface area contributed by atoms with Crippen LogP contribution in [0.4, 0.5) is 5.69 Å². The molecule has 0 bridgehead atoms. The van der Waals surface area contributed by atoms with Crippen LogP contribution in [0.15, 0.2) is 48.5 Å². The molecule has 4 nitrogen and oxygen atoms in total. The molecule has 0 radical (unpaired) electrons. The Labute approximate surface area is 135 Å². The van der Waals surface area contributed by atoms with E-state index in [4.69, 9.17) is 0 Å². The van der Waals surface area contributed by atoms with Crippen LogP contribution in [-0.4, -0.2) is 36.3 Å². The third-order valence-corrected chi connectivity index (χ3v) is 4.67. The zero-order chi connectivity index (χ0) is 15.8. The first kappa shape index (κ1) is 14.0. The lowest BCUT2D eigenvalue weighted by molar-refractivity contribution is 0.0653. The molecule has 4 heteroatoms. The van der Waals surface area contributed by atoms with Crippen molar-refractivity contribution in [2.45, 2.75) is 12.8 Å². The zero-order valence-corrected chi connectivity index (χ0v) is 12.9. The summed E-state index contributed by atoms with van der Waals surface area (Å²) in [6.45, 7) is 2.36. The first-order chi connectivity index (χ1) is 11.3. The topological polar surface area (TPSA) is 40.6 Å². The van der Waals surface area contributed by atoms with Crippen LogP contribution in [0.2, 0.25) is 0 Å². The van der Waals surface area contributed by atoms with E-state index in [0.717, 1.165) is 25.9 Å². The van der Waals surface area contributed by atoms with Crippen molar-refractivity contribution in [2.24, 2.45) is 0 Å². The van der Waals surface area contributed by atoms with E-state index in [2.05, 4.69) is 29.2 Å². The zero-order valence-electron chi connectivity index (χ0n) is 12.9. The SMILES string of the molecule is O=C1c2ccccc2C(=O)N1CCCN1CCc2ccccc21. The first-order valence-corrected chi connectivity index (χ1v) is 8.04. The van der Waals surface area contributed by atoms with Gasteiger partial charge in [-0.2, -0.15) is 0 Å². The van der Waals surface area contributed by atoms with Gasteiger partial charge in [-0.05, 0) is 36.6 Å². The van der Waals surface area contributed by atoms with Crippen LogP contribution in [0.1, 0.15) is 32.7 Å². The summed E-state index contributed by atoms with van der Waals surface area (Å²) in [4.78, 5) is 28.4. The molecule has 2 aliphatic rings. The molecular formula is C19H18N2O2. The standard InChI is InChI=1S/C19H18N2O2/c22-18-15-7-2-3-8-16(15)19(23)21(18)12-5-11-20-13-10-14-6-1-4-9-17(14)20/h1-4,6-9H,5,10-13H2. The van der Waals surface area contributed by atoms with Crippen LogP contribution < -0.4 is 4.90 Å². The molecule has 2 aliphatic heterocycles. The summed E-state index contributed by atoms with van der Waals surface area (Å²) >= 11 is 0. The van der Waals surface area contributed by atoms with E-state index in [9.17, 15) is 9.59 Å². The molecule has 0 saturated heterocycles. The molecule has 0 fully saturated rings. The second-order valence-electron chi connectivity index (χ2n) is 6.03. The number of hydrogen-bond donors (Lipinski definition) is 0. The largest absolute Gasteiger partial charge is 0.371 e. The van der Waals surface area contributed by atoms with E-state index in [1.807, 2.05) is 0 Å². The average Bonchev–Trinajstić information content (AvgIpc) is 3.10. The Kier molecular flexibility index (Phi) is 3.37. The molecule has 2 amide bonds. The number of benzene rings is 2. The fourth-order valence-electron chi connectivity index (χ4n) is 3.50. The van der Waals surface area contributed by atoms with Crippen molar-refractivity contribution < 1.29 is 9.59 Å². The summed E-state index contributed by atoms with van der Waals surface area (Å²) in [5.74, 6) is -0.320. The number of rotatable bonds is 4. The van der Waals surface area contributed by atoms with Crippen molar-refractivity contribution in [3.63, 3.8) is 0 Å². The third kappa shape index (κ3) is 2.31. The van der Waals surface area contributed by atoms with Crippen LogP contribution >= 0.6 is 0 Å². The number of para-hydroxylation sites is 1. The van der Waals surface area contributed by atoms with Gasteiger partial charge in [-0.3, -0.25) is 14.5 Å². The second-order valence-corrected chi connectivity index (χ2v) is 6.03. The van der Waals surface area contributed by atoms with Gasteiger partial charge in [-0.1, -0.05) is 30.3 Å². The van der Waals surface area contributed by atoms with Crippen molar-refractivity contribution in [3.8, 4) is 0 Å². The first-order valence-electron chi connectivity index (χ1n) is 8.04. The van der Waals surface area contributed by atoms with Gasteiger partial charge in [0.1, 0.15) is 0 Å². The summed E-state index contributed by atoms with van der Waals surface area (Å²) in [5, 5.41) is 0. The lowest BCUT2D eigenvalue weighted by atomic mass is 10.1. The highest BCUT2D eigenvalue weighted by atomic mass is 16.2. The number of imide groups is 1. The predicted molar refractivity (Wildman–Crippen MR) is 88.8 cm³/mol. The molecule has 2 heterocycles. The van der Waals surface area contributed by atoms with E-state index in [1.165, 1.54) is 16.2 Å². The smallest absolute Gasteiger partial charge is 0.261 e. The molecule has 0 atom stereocenters. The van der Waals surface area contributed by atoms with Gasteiger partial charge in [0, 0.05) is 25.3 Å². The molecule has 0 N–H and O–H groups in total. The molecule has 0 aromatic heterocycles. The number of nitrogens with zero attached hydrogens (tertiary/aromatic N) is 2. The highest BCUT2D eigenvalue weighted by Crippen LogP contribution is 2.28. The van der Waals surface area contributed by atoms with Gasteiger partial charge in [0.15, 0.2) is 0 Å². The Morgan fingerprint density at radius 1 is 0.826 bits per heavy atom. The maximum absolute atomic E-state index is 12.3. The van der Waals surface area contributed by atoms with E-state index in [1.54, 1.807) is 24.3 Å². The van der Waals surface area contributed by atoms with Crippen molar-refractivity contribution in [1.82, 2.24) is 4.90 Å². The fraction of sp³-hybridized carbons (Fsp3) is 0.263. The van der Waals surface area contributed by atoms with E-state index in [-0.39, 0.29) is 11.8 Å². The minimum absolute atomic E-state index is 0.160.